The number of benzene rings is 1. The molecular formula is C21H28N2O3. The van der Waals surface area contributed by atoms with Gasteiger partial charge >= 0.3 is 0 Å². The molecule has 0 saturated carbocycles. The van der Waals surface area contributed by atoms with E-state index in [1.54, 1.807) is 6.20 Å². The molecule has 0 aliphatic heterocycles. The van der Waals surface area contributed by atoms with Crippen LogP contribution in [0.15, 0.2) is 54.7 Å². The molecule has 0 spiro atoms. The van der Waals surface area contributed by atoms with E-state index in [1.807, 2.05) is 62.4 Å². The van der Waals surface area contributed by atoms with Gasteiger partial charge < -0.3 is 9.47 Å². The van der Waals surface area contributed by atoms with E-state index in [1.165, 1.54) is 0 Å². The molecule has 0 aliphatic carbocycles. The third kappa shape index (κ3) is 6.41. The molecule has 0 aliphatic rings. The third-order valence-electron chi connectivity index (χ3n) is 3.82. The first-order valence-electron chi connectivity index (χ1n) is 9.01. The first-order valence-corrected chi connectivity index (χ1v) is 9.01. The number of hydrogen-bond acceptors (Lipinski definition) is 5. The van der Waals surface area contributed by atoms with Gasteiger partial charge in [0.1, 0.15) is 24.2 Å². The van der Waals surface area contributed by atoms with Crippen LogP contribution in [0.2, 0.25) is 0 Å². The van der Waals surface area contributed by atoms with Crippen molar-refractivity contribution < 1.29 is 14.3 Å². The second-order valence-corrected chi connectivity index (χ2v) is 6.07. The first-order chi connectivity index (χ1) is 12.6. The van der Waals surface area contributed by atoms with Gasteiger partial charge in [-0.2, -0.15) is 0 Å². The van der Waals surface area contributed by atoms with Gasteiger partial charge in [-0.05, 0) is 63.6 Å². The first kappa shape index (κ1) is 19.8. The number of allylic oxidation sites excluding steroid dienone is 1. The van der Waals surface area contributed by atoms with Crippen molar-refractivity contribution in [1.82, 2.24) is 10.5 Å². The van der Waals surface area contributed by atoms with Gasteiger partial charge in [-0.15, -0.1) is 0 Å². The van der Waals surface area contributed by atoms with Gasteiger partial charge in [0.25, 0.3) is 0 Å². The van der Waals surface area contributed by atoms with E-state index in [2.05, 4.69) is 24.3 Å². The van der Waals surface area contributed by atoms with Gasteiger partial charge in [0.15, 0.2) is 0 Å². The summed E-state index contributed by atoms with van der Waals surface area (Å²) in [7, 11) is 0. The SMILES string of the molecule is CC=C(NOC(C)COc1ccc(OC(C)CC)cc1)c1ccccn1. The number of hydrogen-bond donors (Lipinski definition) is 1. The number of hydroxylamine groups is 1. The Kier molecular flexibility index (Phi) is 7.96. The van der Waals surface area contributed by atoms with E-state index in [9.17, 15) is 0 Å². The predicted molar refractivity (Wildman–Crippen MR) is 104 cm³/mol. The molecule has 2 unspecified atom stereocenters. The molecule has 1 N–H and O–H groups in total. The Bertz CT molecular complexity index is 671. The lowest BCUT2D eigenvalue weighted by molar-refractivity contribution is -0.00968. The summed E-state index contributed by atoms with van der Waals surface area (Å²) in [6.45, 7) is 8.46. The van der Waals surface area contributed by atoms with E-state index in [-0.39, 0.29) is 12.2 Å². The highest BCUT2D eigenvalue weighted by molar-refractivity contribution is 5.59. The maximum absolute atomic E-state index is 5.77. The molecule has 0 amide bonds. The molecule has 0 saturated heterocycles. The Morgan fingerprint density at radius 1 is 1.08 bits per heavy atom. The molecule has 26 heavy (non-hydrogen) atoms. The van der Waals surface area contributed by atoms with E-state index in [0.717, 1.165) is 29.3 Å². The highest BCUT2D eigenvalue weighted by Gasteiger charge is 2.08. The van der Waals surface area contributed by atoms with Crippen LogP contribution in [0, 0.1) is 0 Å². The zero-order valence-corrected chi connectivity index (χ0v) is 15.9. The lowest BCUT2D eigenvalue weighted by atomic mass is 10.3. The molecule has 1 aromatic heterocycles. The van der Waals surface area contributed by atoms with Crippen LogP contribution >= 0.6 is 0 Å². The Labute approximate surface area is 156 Å². The van der Waals surface area contributed by atoms with E-state index < -0.39 is 0 Å². The molecule has 0 radical (unpaired) electrons. The maximum atomic E-state index is 5.77. The zero-order valence-electron chi connectivity index (χ0n) is 15.9. The second-order valence-electron chi connectivity index (χ2n) is 6.07. The highest BCUT2D eigenvalue weighted by atomic mass is 16.7. The lowest BCUT2D eigenvalue weighted by Gasteiger charge is -2.17. The number of rotatable bonds is 10. The summed E-state index contributed by atoms with van der Waals surface area (Å²) >= 11 is 0. The predicted octanol–water partition coefficient (Wildman–Crippen LogP) is 4.61. The standard InChI is InChI=1S/C21H28N2O3/c1-5-16(3)25-19-12-10-18(11-13-19)24-15-17(4)26-23-20(6-2)21-9-7-8-14-22-21/h6-14,16-17,23H,5,15H2,1-4H3. The molecule has 1 aromatic carbocycles. The van der Waals surface area contributed by atoms with Crippen molar-refractivity contribution in [1.29, 1.82) is 0 Å². The quantitative estimate of drug-likeness (QED) is 0.630. The minimum Gasteiger partial charge on any atom is -0.491 e. The Morgan fingerprint density at radius 3 is 2.42 bits per heavy atom. The van der Waals surface area contributed by atoms with Crippen molar-refractivity contribution in [3.8, 4) is 11.5 Å². The fraction of sp³-hybridized carbons (Fsp3) is 0.381. The van der Waals surface area contributed by atoms with Gasteiger partial charge in [-0.1, -0.05) is 19.1 Å². The van der Waals surface area contributed by atoms with Crippen LogP contribution in [0.3, 0.4) is 0 Å². The fourth-order valence-corrected chi connectivity index (χ4v) is 2.12. The third-order valence-corrected chi connectivity index (χ3v) is 3.82. The van der Waals surface area contributed by atoms with Crippen LogP contribution in [0.25, 0.3) is 5.70 Å². The fourth-order valence-electron chi connectivity index (χ4n) is 2.12. The Hall–Kier alpha value is -2.53. The minimum absolute atomic E-state index is 0.135. The normalized spacial score (nSPS) is 13.8. The highest BCUT2D eigenvalue weighted by Crippen LogP contribution is 2.19. The average molecular weight is 356 g/mol. The number of nitrogens with one attached hydrogen (secondary N) is 1. The minimum atomic E-state index is -0.135. The van der Waals surface area contributed by atoms with Crippen molar-refractivity contribution in [3.05, 3.63) is 60.4 Å². The van der Waals surface area contributed by atoms with Gasteiger partial charge in [0.2, 0.25) is 0 Å². The number of pyridine rings is 1. The maximum Gasteiger partial charge on any atom is 0.119 e. The molecule has 2 aromatic rings. The summed E-state index contributed by atoms with van der Waals surface area (Å²) in [5.41, 5.74) is 4.61. The van der Waals surface area contributed by atoms with Crippen molar-refractivity contribution in [2.45, 2.75) is 46.3 Å². The summed E-state index contributed by atoms with van der Waals surface area (Å²) in [5.74, 6) is 1.64. The molecule has 5 nitrogen and oxygen atoms in total. The lowest BCUT2D eigenvalue weighted by Crippen LogP contribution is -2.26. The van der Waals surface area contributed by atoms with Crippen molar-refractivity contribution >= 4 is 5.70 Å². The zero-order chi connectivity index (χ0) is 18.8. The summed E-state index contributed by atoms with van der Waals surface area (Å²) in [4.78, 5) is 9.96. The topological polar surface area (TPSA) is 52.6 Å². The van der Waals surface area contributed by atoms with Gasteiger partial charge in [0, 0.05) is 6.20 Å². The average Bonchev–Trinajstić information content (AvgIpc) is 2.68. The molecule has 1 heterocycles. The molecule has 140 valence electrons. The number of nitrogens with zero attached hydrogens (tertiary/aromatic N) is 1. The number of aromatic nitrogens is 1. The number of ether oxygens (including phenoxy) is 2. The molecule has 0 fully saturated rings. The van der Waals surface area contributed by atoms with E-state index in [4.69, 9.17) is 14.3 Å². The molecule has 5 heteroatoms. The summed E-state index contributed by atoms with van der Waals surface area (Å²) in [6.07, 6.45) is 4.73. The van der Waals surface area contributed by atoms with Gasteiger partial charge in [-0.25, -0.2) is 0 Å². The van der Waals surface area contributed by atoms with Crippen LogP contribution in [-0.2, 0) is 4.84 Å². The van der Waals surface area contributed by atoms with Gasteiger partial charge in [0.05, 0.1) is 17.5 Å². The molecule has 2 atom stereocenters. The Morgan fingerprint density at radius 2 is 1.81 bits per heavy atom. The Balaban J connectivity index is 1.77. The van der Waals surface area contributed by atoms with Crippen molar-refractivity contribution in [3.63, 3.8) is 0 Å². The monoisotopic (exact) mass is 356 g/mol. The smallest absolute Gasteiger partial charge is 0.119 e. The molecular weight excluding hydrogens is 328 g/mol. The van der Waals surface area contributed by atoms with Crippen LogP contribution in [0.5, 0.6) is 11.5 Å². The largest absolute Gasteiger partial charge is 0.491 e. The van der Waals surface area contributed by atoms with Crippen LogP contribution in [-0.4, -0.2) is 23.8 Å². The van der Waals surface area contributed by atoms with Crippen LogP contribution < -0.4 is 15.0 Å². The van der Waals surface area contributed by atoms with Crippen molar-refractivity contribution in [2.24, 2.45) is 0 Å². The van der Waals surface area contributed by atoms with Gasteiger partial charge in [-0.3, -0.25) is 15.3 Å². The molecule has 0 bridgehead atoms. The second kappa shape index (κ2) is 10.5. The summed E-state index contributed by atoms with van der Waals surface area (Å²) < 4.78 is 11.5. The van der Waals surface area contributed by atoms with E-state index in [0.29, 0.717) is 6.61 Å². The van der Waals surface area contributed by atoms with E-state index >= 15 is 0 Å². The summed E-state index contributed by atoms with van der Waals surface area (Å²) in [6, 6.07) is 13.4. The molecule has 2 rings (SSSR count). The van der Waals surface area contributed by atoms with Crippen molar-refractivity contribution in [2.75, 3.05) is 6.61 Å². The van der Waals surface area contributed by atoms with Crippen LogP contribution in [0.1, 0.15) is 39.8 Å². The van der Waals surface area contributed by atoms with Crippen LogP contribution in [0.4, 0.5) is 0 Å². The summed E-state index contributed by atoms with van der Waals surface area (Å²) in [5, 5.41) is 0.